The van der Waals surface area contributed by atoms with Crippen molar-refractivity contribution in [2.45, 2.75) is 6.92 Å². The molecular formula is C11H10BrF2NO2. The summed E-state index contributed by atoms with van der Waals surface area (Å²) in [7, 11) is 0. The van der Waals surface area contributed by atoms with Gasteiger partial charge in [-0.2, -0.15) is 0 Å². The van der Waals surface area contributed by atoms with Crippen LogP contribution in [0.25, 0.3) is 0 Å². The standard InChI is InChI=1S/C11H10BrF2NO2/c1-6(11(16)17)2-3-15-10-5-8(13)7(12)4-9(10)14/h2,4-5,15H,3H2,1H3,(H,16,17)/b6-2-. The summed E-state index contributed by atoms with van der Waals surface area (Å²) < 4.78 is 26.5. The second-order valence-electron chi connectivity index (χ2n) is 3.32. The zero-order valence-corrected chi connectivity index (χ0v) is 10.5. The lowest BCUT2D eigenvalue weighted by atomic mass is 10.2. The highest BCUT2D eigenvalue weighted by Gasteiger charge is 2.07. The van der Waals surface area contributed by atoms with Crippen LogP contribution in [0.1, 0.15) is 6.92 Å². The van der Waals surface area contributed by atoms with Crippen LogP contribution in [0.15, 0.2) is 28.3 Å². The molecule has 6 heteroatoms. The molecule has 0 atom stereocenters. The highest BCUT2D eigenvalue weighted by atomic mass is 79.9. The molecule has 0 radical (unpaired) electrons. The van der Waals surface area contributed by atoms with Crippen molar-refractivity contribution in [1.29, 1.82) is 0 Å². The summed E-state index contributed by atoms with van der Waals surface area (Å²) in [6, 6.07) is 2.01. The molecule has 0 heterocycles. The second kappa shape index (κ2) is 5.77. The number of rotatable bonds is 4. The molecule has 3 nitrogen and oxygen atoms in total. The topological polar surface area (TPSA) is 49.3 Å². The molecule has 0 unspecified atom stereocenters. The van der Waals surface area contributed by atoms with Gasteiger partial charge in [0.05, 0.1) is 10.2 Å². The van der Waals surface area contributed by atoms with E-state index in [2.05, 4.69) is 21.2 Å². The number of benzene rings is 1. The van der Waals surface area contributed by atoms with Gasteiger partial charge in [0.2, 0.25) is 0 Å². The zero-order chi connectivity index (χ0) is 13.0. The van der Waals surface area contributed by atoms with E-state index in [0.717, 1.165) is 12.1 Å². The monoisotopic (exact) mass is 305 g/mol. The van der Waals surface area contributed by atoms with Crippen LogP contribution in [-0.2, 0) is 4.79 Å². The van der Waals surface area contributed by atoms with Gasteiger partial charge >= 0.3 is 5.97 Å². The van der Waals surface area contributed by atoms with Gasteiger partial charge in [0.15, 0.2) is 0 Å². The summed E-state index contributed by atoms with van der Waals surface area (Å²) in [5.41, 5.74) is 0.121. The fourth-order valence-corrected chi connectivity index (χ4v) is 1.37. The van der Waals surface area contributed by atoms with Crippen molar-refractivity contribution in [2.24, 2.45) is 0 Å². The average Bonchev–Trinajstić information content (AvgIpc) is 2.25. The predicted molar refractivity (Wildman–Crippen MR) is 63.9 cm³/mol. The van der Waals surface area contributed by atoms with E-state index >= 15 is 0 Å². The maximum Gasteiger partial charge on any atom is 0.331 e. The normalized spacial score (nSPS) is 11.4. The Morgan fingerprint density at radius 1 is 1.47 bits per heavy atom. The van der Waals surface area contributed by atoms with Crippen LogP contribution in [0, 0.1) is 11.6 Å². The van der Waals surface area contributed by atoms with E-state index in [1.54, 1.807) is 0 Å². The van der Waals surface area contributed by atoms with E-state index in [1.165, 1.54) is 13.0 Å². The van der Waals surface area contributed by atoms with E-state index in [1.807, 2.05) is 0 Å². The fraction of sp³-hybridized carbons (Fsp3) is 0.182. The first kappa shape index (κ1) is 13.6. The molecule has 0 aliphatic rings. The summed E-state index contributed by atoms with van der Waals surface area (Å²) in [4.78, 5) is 10.5. The molecule has 0 bridgehead atoms. The minimum absolute atomic E-state index is 0.0138. The minimum Gasteiger partial charge on any atom is -0.478 e. The molecule has 0 spiro atoms. The summed E-state index contributed by atoms with van der Waals surface area (Å²) in [5, 5.41) is 11.2. The number of carboxylic acids is 1. The van der Waals surface area contributed by atoms with Crippen molar-refractivity contribution in [3.8, 4) is 0 Å². The first-order valence-electron chi connectivity index (χ1n) is 4.70. The maximum absolute atomic E-state index is 13.3. The van der Waals surface area contributed by atoms with Crippen molar-refractivity contribution in [3.05, 3.63) is 39.9 Å². The lowest BCUT2D eigenvalue weighted by Crippen LogP contribution is -2.05. The summed E-state index contributed by atoms with van der Waals surface area (Å²) >= 11 is 2.86. The van der Waals surface area contributed by atoms with E-state index in [9.17, 15) is 13.6 Å². The van der Waals surface area contributed by atoms with Crippen LogP contribution in [0.3, 0.4) is 0 Å². The lowest BCUT2D eigenvalue weighted by molar-refractivity contribution is -0.132. The van der Waals surface area contributed by atoms with Crippen molar-refractivity contribution in [3.63, 3.8) is 0 Å². The Morgan fingerprint density at radius 2 is 2.12 bits per heavy atom. The van der Waals surface area contributed by atoms with Gasteiger partial charge in [0, 0.05) is 18.2 Å². The van der Waals surface area contributed by atoms with Crippen LogP contribution < -0.4 is 5.32 Å². The minimum atomic E-state index is -1.05. The highest BCUT2D eigenvalue weighted by Crippen LogP contribution is 2.23. The van der Waals surface area contributed by atoms with Gasteiger partial charge in [-0.1, -0.05) is 6.08 Å². The molecule has 2 N–H and O–H groups in total. The highest BCUT2D eigenvalue weighted by molar-refractivity contribution is 9.10. The van der Waals surface area contributed by atoms with Crippen LogP contribution in [0.2, 0.25) is 0 Å². The van der Waals surface area contributed by atoms with Gasteiger partial charge in [-0.3, -0.25) is 0 Å². The van der Waals surface area contributed by atoms with E-state index in [4.69, 9.17) is 5.11 Å². The molecule has 92 valence electrons. The first-order valence-corrected chi connectivity index (χ1v) is 5.49. The molecule has 1 aromatic carbocycles. The Balaban J connectivity index is 2.74. The number of hydrogen-bond donors (Lipinski definition) is 2. The molecule has 0 aromatic heterocycles. The number of carboxylic acid groups (broad SMARTS) is 1. The Bertz CT molecular complexity index is 475. The van der Waals surface area contributed by atoms with Crippen molar-refractivity contribution in [1.82, 2.24) is 0 Å². The molecule has 0 aliphatic carbocycles. The largest absolute Gasteiger partial charge is 0.478 e. The van der Waals surface area contributed by atoms with E-state index < -0.39 is 17.6 Å². The number of anilines is 1. The second-order valence-corrected chi connectivity index (χ2v) is 4.17. The van der Waals surface area contributed by atoms with Gasteiger partial charge in [0.1, 0.15) is 11.6 Å². The third-order valence-electron chi connectivity index (χ3n) is 2.05. The lowest BCUT2D eigenvalue weighted by Gasteiger charge is -2.06. The molecule has 0 saturated heterocycles. The Morgan fingerprint density at radius 3 is 2.71 bits per heavy atom. The SMILES string of the molecule is C/C(=C/CNc1cc(F)c(Br)cc1F)C(=O)O. The Labute approximate surface area is 105 Å². The van der Waals surface area contributed by atoms with Crippen LogP contribution >= 0.6 is 15.9 Å². The zero-order valence-electron chi connectivity index (χ0n) is 8.93. The number of aliphatic carboxylic acids is 1. The van der Waals surface area contributed by atoms with Crippen molar-refractivity contribution < 1.29 is 18.7 Å². The third kappa shape index (κ3) is 3.81. The van der Waals surface area contributed by atoms with Gasteiger partial charge in [0.25, 0.3) is 0 Å². The fourth-order valence-electron chi connectivity index (χ4n) is 1.06. The first-order chi connectivity index (χ1) is 7.91. The van der Waals surface area contributed by atoms with E-state index in [-0.39, 0.29) is 22.3 Å². The molecule has 1 aromatic rings. The maximum atomic E-state index is 13.3. The number of nitrogens with one attached hydrogen (secondary N) is 1. The van der Waals surface area contributed by atoms with Crippen LogP contribution in [0.4, 0.5) is 14.5 Å². The van der Waals surface area contributed by atoms with Gasteiger partial charge in [-0.15, -0.1) is 0 Å². The molecule has 0 fully saturated rings. The number of carbonyl (C=O) groups is 1. The van der Waals surface area contributed by atoms with E-state index in [0.29, 0.717) is 0 Å². The Kier molecular flexibility index (Phi) is 4.62. The van der Waals surface area contributed by atoms with Gasteiger partial charge in [-0.25, -0.2) is 13.6 Å². The van der Waals surface area contributed by atoms with Crippen molar-refractivity contribution >= 4 is 27.6 Å². The predicted octanol–water partition coefficient (Wildman–Crippen LogP) is 3.17. The average molecular weight is 306 g/mol. The number of halogens is 3. The van der Waals surface area contributed by atoms with Crippen molar-refractivity contribution in [2.75, 3.05) is 11.9 Å². The third-order valence-corrected chi connectivity index (χ3v) is 2.66. The molecular weight excluding hydrogens is 296 g/mol. The molecule has 17 heavy (non-hydrogen) atoms. The Hall–Kier alpha value is -1.43. The quantitative estimate of drug-likeness (QED) is 0.663. The van der Waals surface area contributed by atoms with Gasteiger partial charge < -0.3 is 10.4 Å². The molecule has 1 rings (SSSR count). The number of hydrogen-bond acceptors (Lipinski definition) is 2. The summed E-state index contributed by atoms with van der Waals surface area (Å²) in [6.45, 7) is 1.53. The van der Waals surface area contributed by atoms with Gasteiger partial charge in [-0.05, 0) is 28.9 Å². The molecule has 0 aliphatic heterocycles. The smallest absolute Gasteiger partial charge is 0.331 e. The van der Waals surface area contributed by atoms with Crippen LogP contribution in [0.5, 0.6) is 0 Å². The molecule has 0 amide bonds. The summed E-state index contributed by atoms with van der Waals surface area (Å²) in [5.74, 6) is -2.25. The van der Waals surface area contributed by atoms with Crippen LogP contribution in [-0.4, -0.2) is 17.6 Å². The molecule has 0 saturated carbocycles. The summed E-state index contributed by atoms with van der Waals surface area (Å²) in [6.07, 6.45) is 1.38.